The number of nitrogens with zero attached hydrogens (tertiary/aromatic N) is 4. The molecule has 0 aliphatic carbocycles. The standard InChI is InChI=1S/C31H40N4O6/c1-6-24(3)34(21-27-11-8-15-32(27)20-25-10-7-12-28(18-25)41-5)30(36)22-33(16-9-17-40-4)31(37)26-14-13-23(2)29(19-26)35(38)39/h7-8,10-15,18-19,24H,6,9,16-17,20-22H2,1-5H3. The van der Waals surface area contributed by atoms with Crippen molar-refractivity contribution in [2.45, 2.75) is 52.7 Å². The number of nitro groups is 1. The highest BCUT2D eigenvalue weighted by Crippen LogP contribution is 2.21. The Labute approximate surface area is 241 Å². The fourth-order valence-corrected chi connectivity index (χ4v) is 4.63. The Morgan fingerprint density at radius 3 is 2.56 bits per heavy atom. The molecule has 1 atom stereocenters. The van der Waals surface area contributed by atoms with Crippen LogP contribution in [0.5, 0.6) is 5.75 Å². The maximum absolute atomic E-state index is 13.8. The molecule has 2 aromatic carbocycles. The molecule has 1 aromatic heterocycles. The van der Waals surface area contributed by atoms with Gasteiger partial charge < -0.3 is 23.8 Å². The summed E-state index contributed by atoms with van der Waals surface area (Å²) in [4.78, 5) is 41.6. The minimum Gasteiger partial charge on any atom is -0.497 e. The second-order valence-corrected chi connectivity index (χ2v) is 10.1. The quantitative estimate of drug-likeness (QED) is 0.145. The molecule has 0 saturated heterocycles. The number of nitro benzene ring substituents is 1. The summed E-state index contributed by atoms with van der Waals surface area (Å²) in [5.41, 5.74) is 2.55. The summed E-state index contributed by atoms with van der Waals surface area (Å²) in [6.07, 6.45) is 3.25. The summed E-state index contributed by atoms with van der Waals surface area (Å²) >= 11 is 0. The van der Waals surface area contributed by atoms with Crippen molar-refractivity contribution in [3.05, 3.63) is 93.3 Å². The van der Waals surface area contributed by atoms with Crippen LogP contribution in [0.2, 0.25) is 0 Å². The Balaban J connectivity index is 1.83. The molecule has 10 heteroatoms. The van der Waals surface area contributed by atoms with E-state index in [-0.39, 0.29) is 36.3 Å². The van der Waals surface area contributed by atoms with Crippen molar-refractivity contribution >= 4 is 17.5 Å². The molecule has 2 amide bonds. The zero-order chi connectivity index (χ0) is 29.9. The number of aryl methyl sites for hydroxylation is 1. The zero-order valence-corrected chi connectivity index (χ0v) is 24.5. The molecule has 0 saturated carbocycles. The predicted molar refractivity (Wildman–Crippen MR) is 157 cm³/mol. The Kier molecular flexibility index (Phi) is 11.5. The van der Waals surface area contributed by atoms with E-state index in [4.69, 9.17) is 9.47 Å². The second kappa shape index (κ2) is 15.0. The molecule has 0 fully saturated rings. The van der Waals surface area contributed by atoms with E-state index in [1.54, 1.807) is 38.2 Å². The molecule has 0 radical (unpaired) electrons. The van der Waals surface area contributed by atoms with Crippen molar-refractivity contribution in [1.82, 2.24) is 14.4 Å². The summed E-state index contributed by atoms with van der Waals surface area (Å²) in [7, 11) is 3.21. The molecular formula is C31H40N4O6. The molecule has 0 aliphatic heterocycles. The largest absolute Gasteiger partial charge is 0.497 e. The molecule has 3 aromatic rings. The highest BCUT2D eigenvalue weighted by atomic mass is 16.6. The molecule has 0 spiro atoms. The molecular weight excluding hydrogens is 524 g/mol. The number of ether oxygens (including phenoxy) is 2. The first-order chi connectivity index (χ1) is 19.7. The van der Waals surface area contributed by atoms with Gasteiger partial charge in [0, 0.05) is 61.9 Å². The zero-order valence-electron chi connectivity index (χ0n) is 24.5. The highest BCUT2D eigenvalue weighted by Gasteiger charge is 2.26. The van der Waals surface area contributed by atoms with Crippen LogP contribution in [0.1, 0.15) is 53.9 Å². The van der Waals surface area contributed by atoms with E-state index in [9.17, 15) is 19.7 Å². The number of aromatic nitrogens is 1. The fraction of sp³-hybridized carbons (Fsp3) is 0.419. The van der Waals surface area contributed by atoms with Gasteiger partial charge in [0.15, 0.2) is 0 Å². The Bertz CT molecular complexity index is 1340. The van der Waals surface area contributed by atoms with E-state index in [1.807, 2.05) is 56.4 Å². The lowest BCUT2D eigenvalue weighted by atomic mass is 10.1. The average Bonchev–Trinajstić information content (AvgIpc) is 3.41. The number of hydrogen-bond acceptors (Lipinski definition) is 6. The number of amides is 2. The van der Waals surface area contributed by atoms with Gasteiger partial charge in [0.25, 0.3) is 11.6 Å². The minimum absolute atomic E-state index is 0.0703. The lowest BCUT2D eigenvalue weighted by Crippen LogP contribution is -2.46. The SMILES string of the molecule is CCC(C)N(Cc1cccn1Cc1cccc(OC)c1)C(=O)CN(CCCOC)C(=O)c1ccc(C)c([N+](=O)[O-])c1. The van der Waals surface area contributed by atoms with Gasteiger partial charge in [-0.3, -0.25) is 19.7 Å². The summed E-state index contributed by atoms with van der Waals surface area (Å²) in [6, 6.07) is 16.2. The van der Waals surface area contributed by atoms with E-state index in [0.717, 1.165) is 23.4 Å². The van der Waals surface area contributed by atoms with Crippen molar-refractivity contribution < 1.29 is 24.0 Å². The van der Waals surface area contributed by atoms with E-state index < -0.39 is 10.8 Å². The smallest absolute Gasteiger partial charge is 0.273 e. The third kappa shape index (κ3) is 8.40. The number of rotatable bonds is 15. The molecule has 1 unspecified atom stereocenters. The first-order valence-electron chi connectivity index (χ1n) is 13.8. The third-order valence-corrected chi connectivity index (χ3v) is 7.23. The van der Waals surface area contributed by atoms with Crippen LogP contribution >= 0.6 is 0 Å². The van der Waals surface area contributed by atoms with Gasteiger partial charge in [-0.1, -0.05) is 25.1 Å². The highest BCUT2D eigenvalue weighted by molar-refractivity contribution is 5.97. The minimum atomic E-state index is -0.502. The molecule has 3 rings (SSSR count). The van der Waals surface area contributed by atoms with Crippen LogP contribution in [0.15, 0.2) is 60.8 Å². The van der Waals surface area contributed by atoms with E-state index in [0.29, 0.717) is 31.7 Å². The first-order valence-corrected chi connectivity index (χ1v) is 13.8. The van der Waals surface area contributed by atoms with Crippen LogP contribution in [0.25, 0.3) is 0 Å². The van der Waals surface area contributed by atoms with Gasteiger partial charge in [0.05, 0.1) is 18.6 Å². The van der Waals surface area contributed by atoms with Gasteiger partial charge in [-0.25, -0.2) is 0 Å². The van der Waals surface area contributed by atoms with Crippen LogP contribution < -0.4 is 4.74 Å². The number of carbonyl (C=O) groups excluding carboxylic acids is 2. The normalized spacial score (nSPS) is 11.6. The molecule has 10 nitrogen and oxygen atoms in total. The van der Waals surface area contributed by atoms with Crippen molar-refractivity contribution in [3.8, 4) is 5.75 Å². The average molecular weight is 565 g/mol. The molecule has 0 aliphatic rings. The first kappa shape index (κ1) is 31.3. The maximum atomic E-state index is 13.8. The lowest BCUT2D eigenvalue weighted by Gasteiger charge is -2.32. The van der Waals surface area contributed by atoms with E-state index in [1.165, 1.54) is 11.0 Å². The Morgan fingerprint density at radius 2 is 1.88 bits per heavy atom. The Morgan fingerprint density at radius 1 is 1.10 bits per heavy atom. The maximum Gasteiger partial charge on any atom is 0.273 e. The van der Waals surface area contributed by atoms with Crippen molar-refractivity contribution in [1.29, 1.82) is 0 Å². The van der Waals surface area contributed by atoms with Crippen LogP contribution in [0, 0.1) is 17.0 Å². The summed E-state index contributed by atoms with van der Waals surface area (Å²) in [5.74, 6) is 0.161. The van der Waals surface area contributed by atoms with E-state index >= 15 is 0 Å². The summed E-state index contributed by atoms with van der Waals surface area (Å²) in [6.45, 7) is 7.18. The van der Waals surface area contributed by atoms with Crippen LogP contribution in [-0.4, -0.2) is 71.1 Å². The molecule has 0 N–H and O–H groups in total. The number of carbonyl (C=O) groups is 2. The molecule has 0 bridgehead atoms. The second-order valence-electron chi connectivity index (χ2n) is 10.1. The monoisotopic (exact) mass is 564 g/mol. The fourth-order valence-electron chi connectivity index (χ4n) is 4.63. The molecule has 220 valence electrons. The van der Waals surface area contributed by atoms with Crippen molar-refractivity contribution in [2.75, 3.05) is 33.9 Å². The van der Waals surface area contributed by atoms with Gasteiger partial charge in [0.2, 0.25) is 5.91 Å². The number of methoxy groups -OCH3 is 2. The van der Waals surface area contributed by atoms with Crippen molar-refractivity contribution in [2.24, 2.45) is 0 Å². The number of benzene rings is 2. The Hall–Kier alpha value is -4.18. The molecule has 41 heavy (non-hydrogen) atoms. The van der Waals surface area contributed by atoms with Crippen molar-refractivity contribution in [3.63, 3.8) is 0 Å². The summed E-state index contributed by atoms with van der Waals surface area (Å²) < 4.78 is 12.6. The van der Waals surface area contributed by atoms with Gasteiger partial charge in [0.1, 0.15) is 12.3 Å². The number of hydrogen-bond donors (Lipinski definition) is 0. The predicted octanol–water partition coefficient (Wildman–Crippen LogP) is 5.07. The molecule has 1 heterocycles. The topological polar surface area (TPSA) is 107 Å². The van der Waals surface area contributed by atoms with Crippen LogP contribution in [0.3, 0.4) is 0 Å². The third-order valence-electron chi connectivity index (χ3n) is 7.23. The van der Waals surface area contributed by atoms with Gasteiger partial charge >= 0.3 is 0 Å². The van der Waals surface area contributed by atoms with Gasteiger partial charge in [-0.15, -0.1) is 0 Å². The summed E-state index contributed by atoms with van der Waals surface area (Å²) in [5, 5.41) is 11.5. The van der Waals surface area contributed by atoms with Gasteiger partial charge in [-0.2, -0.15) is 0 Å². The van der Waals surface area contributed by atoms with Gasteiger partial charge in [-0.05, 0) is 62.6 Å². The lowest BCUT2D eigenvalue weighted by molar-refractivity contribution is -0.385. The van der Waals surface area contributed by atoms with Crippen LogP contribution in [-0.2, 0) is 22.6 Å². The van der Waals surface area contributed by atoms with E-state index in [2.05, 4.69) is 4.57 Å². The van der Waals surface area contributed by atoms with Crippen LogP contribution in [0.4, 0.5) is 5.69 Å².